The number of aryl methyl sites for hydroxylation is 1. The number of hydrogen-bond donors (Lipinski definition) is 1. The predicted molar refractivity (Wildman–Crippen MR) is 93.1 cm³/mol. The largest absolute Gasteiger partial charge is 0.480 e. The van der Waals surface area contributed by atoms with E-state index in [9.17, 15) is 4.79 Å². The topological polar surface area (TPSA) is 82.0 Å². The number of ether oxygens (including phenoxy) is 1. The average Bonchev–Trinajstić information content (AvgIpc) is 3.08. The zero-order valence-corrected chi connectivity index (χ0v) is 14.5. The van der Waals surface area contributed by atoms with E-state index >= 15 is 0 Å². The van der Waals surface area contributed by atoms with Crippen LogP contribution in [0.15, 0.2) is 30.3 Å². The zero-order chi connectivity index (χ0) is 17.8. The van der Waals surface area contributed by atoms with E-state index in [2.05, 4.69) is 16.3 Å². The highest BCUT2D eigenvalue weighted by Crippen LogP contribution is 2.27. The molecule has 1 aliphatic rings. The number of nitrogens with zero attached hydrogens (tertiary/aromatic N) is 3. The molecule has 0 saturated carbocycles. The lowest BCUT2D eigenvalue weighted by molar-refractivity contribution is -0.139. The Bertz CT molecular complexity index is 793. The highest BCUT2D eigenvalue weighted by Gasteiger charge is 2.29. The number of benzene rings is 1. The molecule has 3 rings (SSSR count). The van der Waals surface area contributed by atoms with Gasteiger partial charge in [-0.2, -0.15) is 10.4 Å². The maximum atomic E-state index is 12.8. The maximum absolute atomic E-state index is 12.8. The maximum Gasteiger partial charge on any atom is 0.263 e. The summed E-state index contributed by atoms with van der Waals surface area (Å²) in [6.07, 6.45) is 1.35. The summed E-state index contributed by atoms with van der Waals surface area (Å²) in [5, 5.41) is 16.5. The Hall–Kier alpha value is -2.81. The van der Waals surface area contributed by atoms with Gasteiger partial charge in [-0.3, -0.25) is 9.89 Å². The first-order valence-corrected chi connectivity index (χ1v) is 8.55. The fourth-order valence-corrected chi connectivity index (χ4v) is 3.23. The van der Waals surface area contributed by atoms with Gasteiger partial charge in [-0.05, 0) is 44.9 Å². The first kappa shape index (κ1) is 17.0. The molecule has 1 saturated heterocycles. The zero-order valence-electron chi connectivity index (χ0n) is 14.5. The van der Waals surface area contributed by atoms with Gasteiger partial charge < -0.3 is 9.64 Å². The number of rotatable bonds is 4. The van der Waals surface area contributed by atoms with Crippen molar-refractivity contribution in [1.82, 2.24) is 15.1 Å². The number of para-hydroxylation sites is 1. The van der Waals surface area contributed by atoms with Gasteiger partial charge in [0.25, 0.3) is 5.91 Å². The molecule has 1 amide bonds. The molecule has 0 bridgehead atoms. The number of aromatic nitrogens is 2. The molecule has 1 aromatic carbocycles. The molecule has 1 aromatic heterocycles. The highest BCUT2D eigenvalue weighted by atomic mass is 16.5. The number of amides is 1. The van der Waals surface area contributed by atoms with E-state index in [1.165, 1.54) is 0 Å². The third kappa shape index (κ3) is 3.82. The Labute approximate surface area is 147 Å². The standard InChI is InChI=1S/C19H22N4O2/c1-13-10-17(22-21-13)16-7-5-9-23(12-16)19(24)14(2)25-18-8-4-3-6-15(18)11-20/h3-4,6,8,10,14,16H,5,7,9,12H2,1-2H3,(H,21,22)/t14-,16+/m1/s1. The van der Waals surface area contributed by atoms with Crippen LogP contribution in [-0.2, 0) is 4.79 Å². The summed E-state index contributed by atoms with van der Waals surface area (Å²) < 4.78 is 5.76. The van der Waals surface area contributed by atoms with E-state index in [4.69, 9.17) is 10.00 Å². The molecule has 1 aliphatic heterocycles. The fraction of sp³-hybridized carbons (Fsp3) is 0.421. The van der Waals surface area contributed by atoms with Crippen LogP contribution in [0.25, 0.3) is 0 Å². The van der Waals surface area contributed by atoms with E-state index in [0.717, 1.165) is 30.8 Å². The fourth-order valence-electron chi connectivity index (χ4n) is 3.23. The molecule has 2 aromatic rings. The van der Waals surface area contributed by atoms with Gasteiger partial charge in [-0.25, -0.2) is 0 Å². The van der Waals surface area contributed by atoms with Crippen molar-refractivity contribution in [2.45, 2.75) is 38.7 Å². The molecule has 0 unspecified atom stereocenters. The first-order chi connectivity index (χ1) is 12.1. The summed E-state index contributed by atoms with van der Waals surface area (Å²) >= 11 is 0. The summed E-state index contributed by atoms with van der Waals surface area (Å²) in [6.45, 7) is 5.09. The van der Waals surface area contributed by atoms with Gasteiger partial charge in [0.2, 0.25) is 0 Å². The van der Waals surface area contributed by atoms with Crippen molar-refractivity contribution >= 4 is 5.91 Å². The van der Waals surface area contributed by atoms with E-state index in [-0.39, 0.29) is 11.8 Å². The van der Waals surface area contributed by atoms with Crippen LogP contribution in [-0.4, -0.2) is 40.2 Å². The molecular formula is C19H22N4O2. The van der Waals surface area contributed by atoms with Crippen LogP contribution in [0.5, 0.6) is 5.75 Å². The lowest BCUT2D eigenvalue weighted by Gasteiger charge is -2.33. The van der Waals surface area contributed by atoms with Crippen LogP contribution in [0.2, 0.25) is 0 Å². The minimum absolute atomic E-state index is 0.0512. The molecule has 1 N–H and O–H groups in total. The smallest absolute Gasteiger partial charge is 0.263 e. The van der Waals surface area contributed by atoms with Crippen LogP contribution in [0, 0.1) is 18.3 Å². The number of nitriles is 1. The minimum atomic E-state index is -0.630. The van der Waals surface area contributed by atoms with Crippen LogP contribution in [0.4, 0.5) is 0 Å². The SMILES string of the molecule is Cc1cc([C@H]2CCCN(C(=O)[C@@H](C)Oc3ccccc3C#N)C2)n[nH]1. The van der Waals surface area contributed by atoms with Crippen molar-refractivity contribution in [3.05, 3.63) is 47.3 Å². The number of nitrogens with one attached hydrogen (secondary N) is 1. The molecule has 0 radical (unpaired) electrons. The van der Waals surface area contributed by atoms with E-state index in [0.29, 0.717) is 17.9 Å². The lowest BCUT2D eigenvalue weighted by Crippen LogP contribution is -2.45. The molecule has 2 heterocycles. The second-order valence-electron chi connectivity index (χ2n) is 6.47. The summed E-state index contributed by atoms with van der Waals surface area (Å²) in [7, 11) is 0. The second-order valence-corrected chi connectivity index (χ2v) is 6.47. The number of carbonyl (C=O) groups is 1. The Kier molecular flexibility index (Phi) is 5.03. The van der Waals surface area contributed by atoms with Gasteiger partial charge in [-0.1, -0.05) is 12.1 Å². The van der Waals surface area contributed by atoms with E-state index < -0.39 is 6.10 Å². The van der Waals surface area contributed by atoms with E-state index in [1.807, 2.05) is 17.9 Å². The van der Waals surface area contributed by atoms with Crippen LogP contribution >= 0.6 is 0 Å². The summed E-state index contributed by atoms with van der Waals surface area (Å²) in [6, 6.07) is 11.1. The van der Waals surface area contributed by atoms with Crippen molar-refractivity contribution < 1.29 is 9.53 Å². The second kappa shape index (κ2) is 7.39. The van der Waals surface area contributed by atoms with Crippen LogP contribution < -0.4 is 4.74 Å². The lowest BCUT2D eigenvalue weighted by atomic mass is 9.94. The average molecular weight is 338 g/mol. The number of aromatic amines is 1. The normalized spacial score (nSPS) is 18.4. The number of likely N-dealkylation sites (tertiary alicyclic amines) is 1. The minimum Gasteiger partial charge on any atom is -0.480 e. The third-order valence-electron chi connectivity index (χ3n) is 4.54. The molecule has 0 aliphatic carbocycles. The molecular weight excluding hydrogens is 316 g/mol. The monoisotopic (exact) mass is 338 g/mol. The highest BCUT2D eigenvalue weighted by molar-refractivity contribution is 5.81. The van der Waals surface area contributed by atoms with Crippen molar-refractivity contribution in [3.8, 4) is 11.8 Å². The summed E-state index contributed by atoms with van der Waals surface area (Å²) in [4.78, 5) is 14.6. The van der Waals surface area contributed by atoms with Crippen LogP contribution in [0.3, 0.4) is 0 Å². The van der Waals surface area contributed by atoms with Gasteiger partial charge in [0, 0.05) is 24.7 Å². The van der Waals surface area contributed by atoms with Crippen LogP contribution in [0.1, 0.15) is 42.6 Å². The molecule has 130 valence electrons. The molecule has 0 spiro atoms. The first-order valence-electron chi connectivity index (χ1n) is 8.55. The van der Waals surface area contributed by atoms with Gasteiger partial charge in [0.1, 0.15) is 11.8 Å². The quantitative estimate of drug-likeness (QED) is 0.929. The van der Waals surface area contributed by atoms with Crippen molar-refractivity contribution in [2.24, 2.45) is 0 Å². The van der Waals surface area contributed by atoms with Crippen molar-refractivity contribution in [2.75, 3.05) is 13.1 Å². The molecule has 6 nitrogen and oxygen atoms in total. The van der Waals surface area contributed by atoms with Crippen molar-refractivity contribution in [1.29, 1.82) is 5.26 Å². The predicted octanol–water partition coefficient (Wildman–Crippen LogP) is 2.76. The summed E-state index contributed by atoms with van der Waals surface area (Å²) in [5.74, 6) is 0.647. The van der Waals surface area contributed by atoms with Gasteiger partial charge >= 0.3 is 0 Å². The van der Waals surface area contributed by atoms with Crippen molar-refractivity contribution in [3.63, 3.8) is 0 Å². The Morgan fingerprint density at radius 1 is 1.48 bits per heavy atom. The Balaban J connectivity index is 1.66. The van der Waals surface area contributed by atoms with E-state index in [1.54, 1.807) is 31.2 Å². The van der Waals surface area contributed by atoms with Gasteiger partial charge in [-0.15, -0.1) is 0 Å². The molecule has 2 atom stereocenters. The van der Waals surface area contributed by atoms with Gasteiger partial charge in [0.05, 0.1) is 11.3 Å². The Morgan fingerprint density at radius 3 is 3.00 bits per heavy atom. The number of hydrogen-bond acceptors (Lipinski definition) is 4. The molecule has 6 heteroatoms. The number of H-pyrrole nitrogens is 1. The summed E-state index contributed by atoms with van der Waals surface area (Å²) in [5.41, 5.74) is 2.48. The molecule has 25 heavy (non-hydrogen) atoms. The van der Waals surface area contributed by atoms with Gasteiger partial charge in [0.15, 0.2) is 6.10 Å². The number of piperidine rings is 1. The number of carbonyl (C=O) groups excluding carboxylic acids is 1. The molecule has 1 fully saturated rings. The Morgan fingerprint density at radius 2 is 2.28 bits per heavy atom. The third-order valence-corrected chi connectivity index (χ3v) is 4.54.